The Bertz CT molecular complexity index is 799. The highest BCUT2D eigenvalue weighted by Gasteiger charge is 2.47. The molecular formula is C20H29N5O3. The number of rotatable bonds is 8. The van der Waals surface area contributed by atoms with Crippen molar-refractivity contribution in [3.63, 3.8) is 0 Å². The summed E-state index contributed by atoms with van der Waals surface area (Å²) in [6.45, 7) is 4.18. The van der Waals surface area contributed by atoms with Crippen LogP contribution in [-0.2, 0) is 23.2 Å². The Morgan fingerprint density at radius 2 is 2.14 bits per heavy atom. The predicted molar refractivity (Wildman–Crippen MR) is 104 cm³/mol. The van der Waals surface area contributed by atoms with Crippen molar-refractivity contribution in [3.8, 4) is 0 Å². The highest BCUT2D eigenvalue weighted by atomic mass is 16.3. The van der Waals surface area contributed by atoms with Crippen molar-refractivity contribution in [1.82, 2.24) is 24.3 Å². The van der Waals surface area contributed by atoms with Crippen LogP contribution >= 0.6 is 0 Å². The molecule has 0 spiro atoms. The highest BCUT2D eigenvalue weighted by molar-refractivity contribution is 5.90. The lowest BCUT2D eigenvalue weighted by molar-refractivity contribution is -0.137. The van der Waals surface area contributed by atoms with E-state index in [0.29, 0.717) is 19.6 Å². The zero-order valence-corrected chi connectivity index (χ0v) is 17.0. The summed E-state index contributed by atoms with van der Waals surface area (Å²) in [6, 6.07) is 3.34. The molecule has 3 heterocycles. The van der Waals surface area contributed by atoms with Gasteiger partial charge in [-0.3, -0.25) is 9.59 Å². The smallest absolute Gasteiger partial charge is 0.229 e. The molecule has 1 fully saturated rings. The molecule has 0 saturated carbocycles. The maximum atomic E-state index is 13.6. The minimum absolute atomic E-state index is 0.000548. The van der Waals surface area contributed by atoms with Gasteiger partial charge >= 0.3 is 0 Å². The van der Waals surface area contributed by atoms with E-state index < -0.39 is 5.92 Å². The molecule has 2 atom stereocenters. The minimum Gasteiger partial charge on any atom is -0.467 e. The molecule has 0 unspecified atom stereocenters. The number of hydrogen-bond donors (Lipinski definition) is 0. The van der Waals surface area contributed by atoms with E-state index in [1.807, 2.05) is 55.9 Å². The lowest BCUT2D eigenvalue weighted by Crippen LogP contribution is -2.42. The first-order valence-corrected chi connectivity index (χ1v) is 9.65. The van der Waals surface area contributed by atoms with E-state index in [1.165, 1.54) is 0 Å². The second-order valence-corrected chi connectivity index (χ2v) is 7.47. The van der Waals surface area contributed by atoms with Gasteiger partial charge in [-0.05, 0) is 33.2 Å². The summed E-state index contributed by atoms with van der Waals surface area (Å²) in [5.74, 6) is 0.995. The van der Waals surface area contributed by atoms with Crippen LogP contribution in [0.5, 0.6) is 0 Å². The van der Waals surface area contributed by atoms with Gasteiger partial charge in [-0.2, -0.15) is 0 Å². The number of carbonyl (C=O) groups excluding carboxylic acids is 2. The molecule has 28 heavy (non-hydrogen) atoms. The standard InChI is InChI=1S/C20H29N5O3/c1-5-25-17(26)13-16(18(25)19-21-8-9-23(19)4)20(27)24(11-10-22(2)3)14-15-7-6-12-28-15/h6-9,12,16,18H,5,10-11,13-14H2,1-4H3/t16-,18-/m0/s1. The third-order valence-electron chi connectivity index (χ3n) is 5.27. The second-order valence-electron chi connectivity index (χ2n) is 7.47. The molecule has 8 heteroatoms. The molecule has 0 bridgehead atoms. The van der Waals surface area contributed by atoms with Crippen molar-refractivity contribution in [2.24, 2.45) is 13.0 Å². The van der Waals surface area contributed by atoms with Gasteiger partial charge in [0.1, 0.15) is 17.6 Å². The number of carbonyl (C=O) groups is 2. The van der Waals surface area contributed by atoms with Crippen LogP contribution in [0, 0.1) is 5.92 Å². The summed E-state index contributed by atoms with van der Waals surface area (Å²) in [5.41, 5.74) is 0. The number of hydrogen-bond acceptors (Lipinski definition) is 5. The largest absolute Gasteiger partial charge is 0.467 e. The molecule has 3 rings (SSSR count). The number of aromatic nitrogens is 2. The average molecular weight is 387 g/mol. The van der Waals surface area contributed by atoms with E-state index in [2.05, 4.69) is 4.98 Å². The fraction of sp³-hybridized carbons (Fsp3) is 0.550. The normalized spacial score (nSPS) is 19.6. The molecule has 0 aliphatic carbocycles. The van der Waals surface area contributed by atoms with Crippen LogP contribution < -0.4 is 0 Å². The molecule has 2 aromatic rings. The van der Waals surface area contributed by atoms with Crippen LogP contribution in [0.1, 0.15) is 31.0 Å². The Kier molecular flexibility index (Phi) is 6.18. The van der Waals surface area contributed by atoms with Gasteiger partial charge in [0, 0.05) is 45.5 Å². The zero-order valence-electron chi connectivity index (χ0n) is 17.0. The number of likely N-dealkylation sites (N-methyl/N-ethyl adjacent to an activating group) is 1. The Hall–Kier alpha value is -2.61. The number of amides is 2. The molecule has 0 aromatic carbocycles. The summed E-state index contributed by atoms with van der Waals surface area (Å²) < 4.78 is 7.36. The Labute approximate surface area is 165 Å². The maximum absolute atomic E-state index is 13.6. The molecule has 0 radical (unpaired) electrons. The third kappa shape index (κ3) is 4.11. The SMILES string of the molecule is CCN1C(=O)C[C@H](C(=O)N(CCN(C)C)Cc2ccco2)[C@H]1c1nccn1C. The molecule has 152 valence electrons. The fourth-order valence-corrected chi connectivity index (χ4v) is 3.78. The topological polar surface area (TPSA) is 74.8 Å². The number of furan rings is 1. The quantitative estimate of drug-likeness (QED) is 0.686. The fourth-order valence-electron chi connectivity index (χ4n) is 3.78. The summed E-state index contributed by atoms with van der Waals surface area (Å²) in [6.07, 6.45) is 5.37. The van der Waals surface area contributed by atoms with Crippen molar-refractivity contribution in [3.05, 3.63) is 42.4 Å². The Morgan fingerprint density at radius 3 is 2.71 bits per heavy atom. The molecule has 1 saturated heterocycles. The highest BCUT2D eigenvalue weighted by Crippen LogP contribution is 2.38. The summed E-state index contributed by atoms with van der Waals surface area (Å²) in [4.78, 5) is 36.2. The van der Waals surface area contributed by atoms with Crippen molar-refractivity contribution < 1.29 is 14.0 Å². The van der Waals surface area contributed by atoms with Gasteiger partial charge in [0.2, 0.25) is 11.8 Å². The lowest BCUT2D eigenvalue weighted by atomic mass is 9.97. The van der Waals surface area contributed by atoms with E-state index >= 15 is 0 Å². The van der Waals surface area contributed by atoms with E-state index in [-0.39, 0.29) is 24.3 Å². The third-order valence-corrected chi connectivity index (χ3v) is 5.27. The van der Waals surface area contributed by atoms with Crippen LogP contribution in [0.2, 0.25) is 0 Å². The summed E-state index contributed by atoms with van der Waals surface area (Å²) >= 11 is 0. The van der Waals surface area contributed by atoms with Crippen LogP contribution in [0.3, 0.4) is 0 Å². The van der Waals surface area contributed by atoms with Gasteiger partial charge in [-0.25, -0.2) is 4.98 Å². The van der Waals surface area contributed by atoms with Gasteiger partial charge in [0.15, 0.2) is 0 Å². The maximum Gasteiger partial charge on any atom is 0.229 e. The summed E-state index contributed by atoms with van der Waals surface area (Å²) in [7, 11) is 5.85. The van der Waals surface area contributed by atoms with Gasteiger partial charge in [-0.15, -0.1) is 0 Å². The molecule has 8 nitrogen and oxygen atoms in total. The van der Waals surface area contributed by atoms with Crippen molar-refractivity contribution in [1.29, 1.82) is 0 Å². The summed E-state index contributed by atoms with van der Waals surface area (Å²) in [5, 5.41) is 0. The lowest BCUT2D eigenvalue weighted by Gasteiger charge is -2.30. The predicted octanol–water partition coefficient (Wildman–Crippen LogP) is 1.51. The first-order chi connectivity index (χ1) is 13.4. The van der Waals surface area contributed by atoms with Gasteiger partial charge in [-0.1, -0.05) is 0 Å². The first-order valence-electron chi connectivity index (χ1n) is 9.65. The average Bonchev–Trinajstić information content (AvgIpc) is 3.38. The van der Waals surface area contributed by atoms with Gasteiger partial charge in [0.05, 0.1) is 18.7 Å². The van der Waals surface area contributed by atoms with Crippen molar-refractivity contribution in [2.45, 2.75) is 25.9 Å². The first kappa shape index (κ1) is 20.1. The van der Waals surface area contributed by atoms with E-state index in [1.54, 1.807) is 22.3 Å². The van der Waals surface area contributed by atoms with E-state index in [0.717, 1.165) is 18.1 Å². The van der Waals surface area contributed by atoms with E-state index in [9.17, 15) is 9.59 Å². The molecule has 2 amide bonds. The minimum atomic E-state index is -0.453. The zero-order chi connectivity index (χ0) is 20.3. The van der Waals surface area contributed by atoms with Gasteiger partial charge in [0.25, 0.3) is 0 Å². The van der Waals surface area contributed by atoms with Crippen LogP contribution in [0.4, 0.5) is 0 Å². The Morgan fingerprint density at radius 1 is 1.36 bits per heavy atom. The van der Waals surface area contributed by atoms with E-state index in [4.69, 9.17) is 4.42 Å². The molecular weight excluding hydrogens is 358 g/mol. The van der Waals surface area contributed by atoms with Crippen LogP contribution in [0.15, 0.2) is 35.2 Å². The van der Waals surface area contributed by atoms with Gasteiger partial charge < -0.3 is 23.7 Å². The monoisotopic (exact) mass is 387 g/mol. The van der Waals surface area contributed by atoms with Crippen LogP contribution in [0.25, 0.3) is 0 Å². The number of aryl methyl sites for hydroxylation is 1. The molecule has 1 aliphatic heterocycles. The Balaban J connectivity index is 1.88. The molecule has 0 N–H and O–H groups in total. The number of imidazole rings is 1. The van der Waals surface area contributed by atoms with Crippen LogP contribution in [-0.4, -0.2) is 69.8 Å². The number of nitrogens with zero attached hydrogens (tertiary/aromatic N) is 5. The molecule has 2 aromatic heterocycles. The van der Waals surface area contributed by atoms with Crippen molar-refractivity contribution >= 4 is 11.8 Å². The number of likely N-dealkylation sites (tertiary alicyclic amines) is 1. The molecule has 1 aliphatic rings. The van der Waals surface area contributed by atoms with Crippen molar-refractivity contribution in [2.75, 3.05) is 33.7 Å². The second kappa shape index (κ2) is 8.60.